The normalized spacial score (nSPS) is 11.1. The van der Waals surface area contributed by atoms with Crippen LogP contribution in [0.3, 0.4) is 0 Å². The molecule has 0 bridgehead atoms. The molecule has 0 aliphatic carbocycles. The number of nitriles is 1. The van der Waals surface area contributed by atoms with Gasteiger partial charge in [0.2, 0.25) is 5.91 Å². The van der Waals surface area contributed by atoms with Crippen molar-refractivity contribution in [1.29, 1.82) is 5.26 Å². The summed E-state index contributed by atoms with van der Waals surface area (Å²) in [6.07, 6.45) is 4.18. The number of hydrogen-bond donors (Lipinski definition) is 3. The molecular weight excluding hydrogens is 260 g/mol. The van der Waals surface area contributed by atoms with Gasteiger partial charge in [-0.3, -0.25) is 14.9 Å². The molecule has 6 heteroatoms. The molecule has 0 atom stereocenters. The number of nitrogens with one attached hydrogen (secondary N) is 1. The van der Waals surface area contributed by atoms with Gasteiger partial charge < -0.3 is 10.2 Å². The second-order valence-electron chi connectivity index (χ2n) is 3.81. The van der Waals surface area contributed by atoms with Crippen LogP contribution in [0.1, 0.15) is 12.5 Å². The quantitative estimate of drug-likeness (QED) is 0.331. The fraction of sp³-hybridized carbons (Fsp3) is 0.0714. The number of aromatic hydroxyl groups is 2. The maximum atomic E-state index is 11.4. The average Bonchev–Trinajstić information content (AvgIpc) is 2.37. The van der Waals surface area contributed by atoms with Crippen molar-refractivity contribution in [3.8, 4) is 17.6 Å². The monoisotopic (exact) mass is 272 g/mol. The van der Waals surface area contributed by atoms with Crippen molar-refractivity contribution in [3.63, 3.8) is 0 Å². The first-order chi connectivity index (χ1) is 9.43. The lowest BCUT2D eigenvalue weighted by Crippen LogP contribution is -2.28. The van der Waals surface area contributed by atoms with E-state index in [9.17, 15) is 14.7 Å². The first-order valence-electron chi connectivity index (χ1n) is 5.56. The summed E-state index contributed by atoms with van der Waals surface area (Å²) >= 11 is 0. The van der Waals surface area contributed by atoms with E-state index >= 15 is 0 Å². The molecule has 1 aromatic rings. The fourth-order valence-corrected chi connectivity index (χ4v) is 1.29. The summed E-state index contributed by atoms with van der Waals surface area (Å²) in [5.41, 5.74) is 0.347. The largest absolute Gasteiger partial charge is 0.504 e. The van der Waals surface area contributed by atoms with Gasteiger partial charge in [-0.2, -0.15) is 5.26 Å². The Kier molecular flexibility index (Phi) is 5.06. The highest BCUT2D eigenvalue weighted by Gasteiger charge is 2.08. The minimum atomic E-state index is -0.779. The average molecular weight is 272 g/mol. The summed E-state index contributed by atoms with van der Waals surface area (Å²) in [5, 5.41) is 29.2. The van der Waals surface area contributed by atoms with E-state index < -0.39 is 11.8 Å². The Balaban J connectivity index is 2.85. The Morgan fingerprint density at radius 1 is 1.30 bits per heavy atom. The second kappa shape index (κ2) is 6.75. The third-order valence-electron chi connectivity index (χ3n) is 2.21. The first kappa shape index (κ1) is 15.0. The Morgan fingerprint density at radius 2 is 2.00 bits per heavy atom. The van der Waals surface area contributed by atoms with Gasteiger partial charge in [-0.15, -0.1) is 0 Å². The number of amides is 2. The number of carbonyl (C=O) groups excluding carboxylic acids is 2. The third kappa shape index (κ3) is 4.31. The van der Waals surface area contributed by atoms with Crippen LogP contribution in [-0.2, 0) is 9.59 Å². The highest BCUT2D eigenvalue weighted by atomic mass is 16.3. The van der Waals surface area contributed by atoms with Crippen LogP contribution in [0, 0.1) is 11.3 Å². The lowest BCUT2D eigenvalue weighted by molar-refractivity contribution is -0.126. The van der Waals surface area contributed by atoms with E-state index in [1.165, 1.54) is 37.3 Å². The van der Waals surface area contributed by atoms with Crippen molar-refractivity contribution in [2.24, 2.45) is 0 Å². The minimum absolute atomic E-state index is 0.223. The zero-order chi connectivity index (χ0) is 15.1. The highest BCUT2D eigenvalue weighted by Crippen LogP contribution is 2.25. The predicted molar refractivity (Wildman–Crippen MR) is 71.3 cm³/mol. The Bertz CT molecular complexity index is 639. The smallest absolute Gasteiger partial charge is 0.268 e. The molecule has 0 radical (unpaired) electrons. The summed E-state index contributed by atoms with van der Waals surface area (Å²) in [6.45, 7) is 1.17. The van der Waals surface area contributed by atoms with Gasteiger partial charge in [0.25, 0.3) is 5.91 Å². The number of nitrogens with zero attached hydrogens (tertiary/aromatic N) is 1. The van der Waals surface area contributed by atoms with Crippen LogP contribution in [-0.4, -0.2) is 22.0 Å². The molecule has 3 N–H and O–H groups in total. The van der Waals surface area contributed by atoms with E-state index in [1.807, 2.05) is 5.32 Å². The number of phenolic OH excluding ortho intramolecular Hbond substituents is 2. The van der Waals surface area contributed by atoms with Gasteiger partial charge >= 0.3 is 0 Å². The van der Waals surface area contributed by atoms with Gasteiger partial charge in [-0.05, 0) is 23.8 Å². The number of phenols is 2. The van der Waals surface area contributed by atoms with Crippen molar-refractivity contribution in [3.05, 3.63) is 41.5 Å². The topological polar surface area (TPSA) is 110 Å². The molecule has 2 amide bonds. The summed E-state index contributed by atoms with van der Waals surface area (Å²) in [4.78, 5) is 22.1. The van der Waals surface area contributed by atoms with Crippen LogP contribution in [0.4, 0.5) is 0 Å². The van der Waals surface area contributed by atoms with Crippen molar-refractivity contribution in [2.45, 2.75) is 6.92 Å². The molecule has 0 saturated heterocycles. The molecule has 0 unspecified atom stereocenters. The number of hydrogen-bond acceptors (Lipinski definition) is 5. The molecule has 0 aliphatic heterocycles. The van der Waals surface area contributed by atoms with Crippen LogP contribution < -0.4 is 5.32 Å². The van der Waals surface area contributed by atoms with E-state index in [0.717, 1.165) is 0 Å². The fourth-order valence-electron chi connectivity index (χ4n) is 1.29. The van der Waals surface area contributed by atoms with E-state index in [2.05, 4.69) is 0 Å². The molecule has 0 saturated carbocycles. The van der Waals surface area contributed by atoms with Gasteiger partial charge in [-0.25, -0.2) is 0 Å². The van der Waals surface area contributed by atoms with E-state index in [1.54, 1.807) is 12.1 Å². The molecule has 1 aromatic carbocycles. The number of imide groups is 1. The number of rotatable bonds is 3. The Morgan fingerprint density at radius 3 is 2.55 bits per heavy atom. The SMILES string of the molecule is CC(=O)NC(=O)/C(C#N)=C/C=C/c1ccc(O)c(O)c1. The van der Waals surface area contributed by atoms with E-state index in [4.69, 9.17) is 10.4 Å². The molecule has 0 fully saturated rings. The maximum absolute atomic E-state index is 11.4. The molecule has 6 nitrogen and oxygen atoms in total. The Hall–Kier alpha value is -3.07. The molecule has 0 aliphatic rings. The number of benzene rings is 1. The molecule has 102 valence electrons. The van der Waals surface area contributed by atoms with Gasteiger partial charge in [0.05, 0.1) is 0 Å². The molecular formula is C14H12N2O4. The second-order valence-corrected chi connectivity index (χ2v) is 3.81. The van der Waals surface area contributed by atoms with Gasteiger partial charge in [0.1, 0.15) is 11.6 Å². The number of carbonyl (C=O) groups is 2. The van der Waals surface area contributed by atoms with Crippen molar-refractivity contribution in [1.82, 2.24) is 5.32 Å². The van der Waals surface area contributed by atoms with Crippen LogP contribution >= 0.6 is 0 Å². The summed E-state index contributed by atoms with van der Waals surface area (Å²) < 4.78 is 0. The molecule has 0 aromatic heterocycles. The molecule has 20 heavy (non-hydrogen) atoms. The van der Waals surface area contributed by atoms with Gasteiger partial charge in [0.15, 0.2) is 11.5 Å². The predicted octanol–water partition coefficient (Wildman–Crippen LogP) is 1.22. The Labute approximate surface area is 115 Å². The number of allylic oxidation sites excluding steroid dienone is 2. The van der Waals surface area contributed by atoms with Gasteiger partial charge in [0, 0.05) is 6.92 Å². The van der Waals surface area contributed by atoms with E-state index in [0.29, 0.717) is 5.56 Å². The highest BCUT2D eigenvalue weighted by molar-refractivity contribution is 6.06. The van der Waals surface area contributed by atoms with Crippen molar-refractivity contribution >= 4 is 17.9 Å². The molecule has 1 rings (SSSR count). The maximum Gasteiger partial charge on any atom is 0.268 e. The third-order valence-corrected chi connectivity index (χ3v) is 2.21. The zero-order valence-electron chi connectivity index (χ0n) is 10.6. The summed E-state index contributed by atoms with van der Waals surface area (Å²) in [6, 6.07) is 5.85. The van der Waals surface area contributed by atoms with Crippen LogP contribution in [0.2, 0.25) is 0 Å². The lowest BCUT2D eigenvalue weighted by atomic mass is 10.1. The zero-order valence-corrected chi connectivity index (χ0v) is 10.6. The van der Waals surface area contributed by atoms with Crippen LogP contribution in [0.25, 0.3) is 6.08 Å². The molecule has 0 heterocycles. The summed E-state index contributed by atoms with van der Waals surface area (Å²) in [5.74, 6) is -1.84. The van der Waals surface area contributed by atoms with Crippen molar-refractivity contribution < 1.29 is 19.8 Å². The first-order valence-corrected chi connectivity index (χ1v) is 5.56. The van der Waals surface area contributed by atoms with Crippen molar-refractivity contribution in [2.75, 3.05) is 0 Å². The van der Waals surface area contributed by atoms with E-state index in [-0.39, 0.29) is 17.1 Å². The standard InChI is InChI=1S/C14H12N2O4/c1-9(17)16-14(20)11(8-15)4-2-3-10-5-6-12(18)13(19)7-10/h2-7,18-19H,1H3,(H,16,17,20)/b3-2+,11-4+. The van der Waals surface area contributed by atoms with Crippen LogP contribution in [0.5, 0.6) is 11.5 Å². The minimum Gasteiger partial charge on any atom is -0.504 e. The summed E-state index contributed by atoms with van der Waals surface area (Å²) in [7, 11) is 0. The van der Waals surface area contributed by atoms with Crippen LogP contribution in [0.15, 0.2) is 35.9 Å². The van der Waals surface area contributed by atoms with Gasteiger partial charge in [-0.1, -0.05) is 18.2 Å². The lowest BCUT2D eigenvalue weighted by Gasteiger charge is -1.98. The molecule has 0 spiro atoms.